The highest BCUT2D eigenvalue weighted by Gasteiger charge is 2.40. The molecule has 1 aliphatic heterocycles. The Balaban J connectivity index is 1.64. The molecule has 0 radical (unpaired) electrons. The molecule has 0 spiro atoms. The molecule has 30 heavy (non-hydrogen) atoms. The Kier molecular flexibility index (Phi) is 5.49. The van der Waals surface area contributed by atoms with E-state index in [1.165, 1.54) is 0 Å². The van der Waals surface area contributed by atoms with Crippen molar-refractivity contribution in [1.82, 2.24) is 24.6 Å². The second kappa shape index (κ2) is 7.94. The number of nitrogens with zero attached hydrogens (tertiary/aromatic N) is 5. The Hall–Kier alpha value is -2.54. The van der Waals surface area contributed by atoms with Gasteiger partial charge in [0.2, 0.25) is 0 Å². The maximum Gasteiger partial charge on any atom is 0.142 e. The van der Waals surface area contributed by atoms with Crippen molar-refractivity contribution in [1.29, 1.82) is 5.26 Å². The van der Waals surface area contributed by atoms with Gasteiger partial charge >= 0.3 is 0 Å². The zero-order chi connectivity index (χ0) is 21.4. The molecule has 0 amide bonds. The lowest BCUT2D eigenvalue weighted by Gasteiger charge is -2.40. The molecule has 0 aliphatic carbocycles. The van der Waals surface area contributed by atoms with Crippen LogP contribution in [0.1, 0.15) is 5.56 Å². The Bertz CT molecular complexity index is 1080. The minimum Gasteiger partial charge on any atom is -0.361 e. The van der Waals surface area contributed by atoms with Crippen LogP contribution in [0, 0.1) is 11.3 Å². The molecule has 3 aromatic heterocycles. The lowest BCUT2D eigenvalue weighted by atomic mass is 9.94. The van der Waals surface area contributed by atoms with Gasteiger partial charge in [-0.2, -0.15) is 10.4 Å². The van der Waals surface area contributed by atoms with Crippen LogP contribution in [0.5, 0.6) is 0 Å². The Morgan fingerprint density at radius 2 is 2.13 bits per heavy atom. The Labute approximate surface area is 176 Å². The zero-order valence-electron chi connectivity index (χ0n) is 17.7. The summed E-state index contributed by atoms with van der Waals surface area (Å²) in [6, 6.07) is 5.29. The molecular formula is C21H27FN6OSi. The topological polar surface area (TPSA) is 80.7 Å². The number of hydrogen-bond acceptors (Lipinski definition) is 5. The predicted octanol–water partition coefficient (Wildman–Crippen LogP) is 3.35. The molecule has 7 nitrogen and oxygen atoms in total. The molecule has 1 N–H and O–H groups in total. The summed E-state index contributed by atoms with van der Waals surface area (Å²) in [6.07, 6.45) is 7.05. The number of aromatic nitrogens is 4. The van der Waals surface area contributed by atoms with Gasteiger partial charge in [0.1, 0.15) is 30.7 Å². The molecule has 9 heteroatoms. The number of rotatable bonds is 8. The van der Waals surface area contributed by atoms with Crippen LogP contribution in [0.3, 0.4) is 0 Å². The molecular weight excluding hydrogens is 399 g/mol. The molecule has 1 fully saturated rings. The van der Waals surface area contributed by atoms with Crippen molar-refractivity contribution in [3.05, 3.63) is 36.4 Å². The third kappa shape index (κ3) is 3.78. The molecule has 0 atom stereocenters. The average molecular weight is 427 g/mol. The van der Waals surface area contributed by atoms with Crippen LogP contribution in [0.25, 0.3) is 22.2 Å². The van der Waals surface area contributed by atoms with Crippen LogP contribution >= 0.6 is 0 Å². The highest BCUT2D eigenvalue weighted by atomic mass is 28.3. The van der Waals surface area contributed by atoms with E-state index in [2.05, 4.69) is 41.1 Å². The quantitative estimate of drug-likeness (QED) is 0.441. The fourth-order valence-electron chi connectivity index (χ4n) is 3.62. The molecule has 0 aromatic carbocycles. The molecule has 4 heterocycles. The lowest BCUT2D eigenvalue weighted by Crippen LogP contribution is -2.62. The van der Waals surface area contributed by atoms with Gasteiger partial charge in [-0.3, -0.25) is 4.68 Å². The van der Waals surface area contributed by atoms with Gasteiger partial charge in [0.15, 0.2) is 0 Å². The van der Waals surface area contributed by atoms with Crippen molar-refractivity contribution in [3.63, 3.8) is 0 Å². The zero-order valence-corrected chi connectivity index (χ0v) is 18.7. The number of fused-ring (bicyclic) bond motifs is 1. The summed E-state index contributed by atoms with van der Waals surface area (Å²) in [5.41, 5.74) is 2.16. The number of hydrogen-bond donors (Lipinski definition) is 1. The van der Waals surface area contributed by atoms with E-state index in [1.807, 2.05) is 23.0 Å². The van der Waals surface area contributed by atoms with Crippen molar-refractivity contribution < 1.29 is 9.13 Å². The highest BCUT2D eigenvalue weighted by Crippen LogP contribution is 2.33. The summed E-state index contributed by atoms with van der Waals surface area (Å²) in [5.74, 6) is 0. The number of pyridine rings is 1. The van der Waals surface area contributed by atoms with E-state index in [1.54, 1.807) is 17.1 Å². The van der Waals surface area contributed by atoms with Crippen LogP contribution in [-0.2, 0) is 17.0 Å². The number of halogens is 1. The van der Waals surface area contributed by atoms with Crippen molar-refractivity contribution in [2.45, 2.75) is 38.0 Å². The number of nitriles is 1. The maximum atomic E-state index is 13.6. The average Bonchev–Trinajstić information content (AvgIpc) is 3.31. The molecule has 0 bridgehead atoms. The van der Waals surface area contributed by atoms with Crippen molar-refractivity contribution in [2.24, 2.45) is 0 Å². The fraction of sp³-hybridized carbons (Fsp3) is 0.476. The van der Waals surface area contributed by atoms with Crippen molar-refractivity contribution in [3.8, 4) is 17.2 Å². The van der Waals surface area contributed by atoms with Crippen LogP contribution < -0.4 is 5.32 Å². The van der Waals surface area contributed by atoms with E-state index in [-0.39, 0.29) is 0 Å². The van der Waals surface area contributed by atoms with Gasteiger partial charge in [-0.1, -0.05) is 19.6 Å². The lowest BCUT2D eigenvalue weighted by molar-refractivity contribution is 0.0899. The van der Waals surface area contributed by atoms with Gasteiger partial charge in [-0.05, 0) is 12.1 Å². The third-order valence-corrected chi connectivity index (χ3v) is 7.35. The summed E-state index contributed by atoms with van der Waals surface area (Å²) < 4.78 is 23.1. The Morgan fingerprint density at radius 3 is 2.77 bits per heavy atom. The fourth-order valence-corrected chi connectivity index (χ4v) is 4.38. The predicted molar refractivity (Wildman–Crippen MR) is 117 cm³/mol. The normalized spacial score (nSPS) is 15.8. The first kappa shape index (κ1) is 20.7. The van der Waals surface area contributed by atoms with Crippen LogP contribution in [-0.4, -0.2) is 53.8 Å². The Morgan fingerprint density at radius 1 is 1.33 bits per heavy atom. The van der Waals surface area contributed by atoms with E-state index in [9.17, 15) is 9.65 Å². The summed E-state index contributed by atoms with van der Waals surface area (Å²) in [7, 11) is -1.14. The largest absolute Gasteiger partial charge is 0.361 e. The number of nitrogens with one attached hydrogen (secondary N) is 1. The first-order valence-electron chi connectivity index (χ1n) is 10.1. The minimum absolute atomic E-state index is 0.419. The second-order valence-corrected chi connectivity index (χ2v) is 14.8. The monoisotopic (exact) mass is 426 g/mol. The molecule has 0 unspecified atom stereocenters. The van der Waals surface area contributed by atoms with Gasteiger partial charge in [0.25, 0.3) is 0 Å². The SMILES string of the molecule is C[Si](C)(C)CCOCn1ccc2c(-c3cnn(C4(CF)CNC4)c3)c(C#N)cnc21. The van der Waals surface area contributed by atoms with E-state index < -0.39 is 20.3 Å². The molecule has 158 valence electrons. The van der Waals surface area contributed by atoms with Crippen LogP contribution in [0.15, 0.2) is 30.9 Å². The molecule has 1 saturated heterocycles. The number of alkyl halides is 1. The van der Waals surface area contributed by atoms with E-state index in [0.717, 1.165) is 34.8 Å². The summed E-state index contributed by atoms with van der Waals surface area (Å²) in [5, 5.41) is 18.0. The molecule has 4 rings (SSSR count). The van der Waals surface area contributed by atoms with E-state index >= 15 is 0 Å². The highest BCUT2D eigenvalue weighted by molar-refractivity contribution is 6.76. The van der Waals surface area contributed by atoms with Crippen molar-refractivity contribution in [2.75, 3.05) is 26.4 Å². The first-order valence-corrected chi connectivity index (χ1v) is 13.9. The smallest absolute Gasteiger partial charge is 0.142 e. The minimum atomic E-state index is -1.14. The number of ether oxygens (including phenoxy) is 1. The van der Waals surface area contributed by atoms with Crippen molar-refractivity contribution >= 4 is 19.1 Å². The van der Waals surface area contributed by atoms with Gasteiger partial charge in [-0.15, -0.1) is 0 Å². The van der Waals surface area contributed by atoms with Gasteiger partial charge in [0, 0.05) is 62.9 Å². The third-order valence-electron chi connectivity index (χ3n) is 5.65. The molecule has 3 aromatic rings. The van der Waals surface area contributed by atoms with E-state index in [0.29, 0.717) is 25.4 Å². The van der Waals surface area contributed by atoms with Crippen LogP contribution in [0.2, 0.25) is 25.7 Å². The first-order chi connectivity index (χ1) is 14.4. The molecule has 0 saturated carbocycles. The van der Waals surface area contributed by atoms with Gasteiger partial charge in [0.05, 0.1) is 11.8 Å². The maximum absolute atomic E-state index is 13.6. The van der Waals surface area contributed by atoms with E-state index in [4.69, 9.17) is 4.74 Å². The standard InChI is InChI=1S/C21H27FN6OSi/c1-30(2,3)7-6-29-15-27-5-4-18-19(16(8-23)9-25-20(18)27)17-10-26-28(11-17)21(12-22)13-24-14-21/h4-5,9-11,24H,6-7,12-15H2,1-3H3. The van der Waals surface area contributed by atoms with Gasteiger partial charge < -0.3 is 14.6 Å². The summed E-state index contributed by atoms with van der Waals surface area (Å²) in [4.78, 5) is 4.50. The summed E-state index contributed by atoms with van der Waals surface area (Å²) >= 11 is 0. The molecule has 1 aliphatic rings. The summed E-state index contributed by atoms with van der Waals surface area (Å²) in [6.45, 7) is 8.73. The van der Waals surface area contributed by atoms with Crippen LogP contribution in [0.4, 0.5) is 4.39 Å². The van der Waals surface area contributed by atoms with Gasteiger partial charge in [-0.25, -0.2) is 9.37 Å². The second-order valence-electron chi connectivity index (χ2n) is 9.16.